The second-order valence-corrected chi connectivity index (χ2v) is 13.8. The molecule has 0 atom stereocenters. The Morgan fingerprint density at radius 1 is 0.643 bits per heavy atom. The van der Waals surface area contributed by atoms with Crippen molar-refractivity contribution in [3.8, 4) is 11.5 Å². The maximum atomic E-state index is 14.7. The van der Waals surface area contributed by atoms with Crippen LogP contribution in [0.25, 0.3) is 33.2 Å². The van der Waals surface area contributed by atoms with Crippen molar-refractivity contribution in [3.63, 3.8) is 0 Å². The maximum Gasteiger partial charge on any atom is 0.234 e. The number of carboxylic acids is 3. The van der Waals surface area contributed by atoms with E-state index in [1.165, 1.54) is 20.8 Å². The van der Waals surface area contributed by atoms with E-state index in [9.17, 15) is 59.1 Å². The smallest absolute Gasteiger partial charge is 0.234 e. The molecule has 0 saturated heterocycles. The molecule has 4 N–H and O–H groups in total. The number of Topliss-reactive ketones (excluding diaryl/α,β-unsaturated/α-hetero) is 4. The first-order valence-electron chi connectivity index (χ1n) is 16.8. The number of carbonyl (C=O) groups excluding carboxylic acids is 7. The highest BCUT2D eigenvalue weighted by Crippen LogP contribution is 2.55. The zero-order valence-electron chi connectivity index (χ0n) is 29.3. The monoisotopic (exact) mass is 753 g/mol. The van der Waals surface area contributed by atoms with Gasteiger partial charge in [-0.05, 0) is 91.3 Å². The van der Waals surface area contributed by atoms with Crippen molar-refractivity contribution >= 4 is 74.2 Å². The van der Waals surface area contributed by atoms with Gasteiger partial charge in [-0.15, -0.1) is 0 Å². The van der Waals surface area contributed by atoms with Crippen LogP contribution in [-0.4, -0.2) is 61.2 Å². The Morgan fingerprint density at radius 3 is 1.91 bits per heavy atom. The lowest BCUT2D eigenvalue weighted by Gasteiger charge is -2.28. The molecule has 1 aromatic carbocycles. The van der Waals surface area contributed by atoms with Gasteiger partial charge in [-0.1, -0.05) is 19.6 Å². The van der Waals surface area contributed by atoms with E-state index >= 15 is 0 Å². The molecule has 56 heavy (non-hydrogen) atoms. The molecule has 5 aliphatic rings. The Balaban J connectivity index is 0.00000480. The number of phenolic OH excluding ortho intramolecular Hbond substituents is 2. The van der Waals surface area contributed by atoms with Gasteiger partial charge in [-0.2, -0.15) is 0 Å². The maximum absolute atomic E-state index is 14.7. The average molecular weight is 754 g/mol. The number of hydrogen-bond acceptors (Lipinski definition) is 12. The predicted molar refractivity (Wildman–Crippen MR) is 194 cm³/mol. The molecule has 0 unspecified atom stereocenters. The number of fused-ring (bicyclic) bond motifs is 3. The summed E-state index contributed by atoms with van der Waals surface area (Å²) in [6.07, 6.45) is 4.26. The van der Waals surface area contributed by atoms with Crippen molar-refractivity contribution in [1.29, 1.82) is 0 Å². The fraction of sp³-hybridized carbons (Fsp3) is 0.167. The fourth-order valence-electron chi connectivity index (χ4n) is 8.21. The summed E-state index contributed by atoms with van der Waals surface area (Å²) in [4.78, 5) is 97.3. The number of carbonyl (C=O) groups is 7. The molecule has 2 heterocycles. The molecule has 2 aromatic heterocycles. The molecular weight excluding hydrogens is 724 g/mol. The molecule has 0 saturated carbocycles. The van der Waals surface area contributed by atoms with Crippen LogP contribution in [0.2, 0.25) is 0 Å². The number of rotatable bonds is 5. The van der Waals surface area contributed by atoms with E-state index in [0.29, 0.717) is 17.6 Å². The first-order valence-corrected chi connectivity index (χ1v) is 16.8. The highest BCUT2D eigenvalue weighted by atomic mass is 16.4. The van der Waals surface area contributed by atoms with E-state index in [1.807, 2.05) is 0 Å². The lowest BCUT2D eigenvalue weighted by Crippen LogP contribution is -2.24. The molecule has 0 aliphatic heterocycles. The van der Waals surface area contributed by atoms with Gasteiger partial charge in [0.15, 0.2) is 23.1 Å². The third-order valence-corrected chi connectivity index (χ3v) is 11.0. The topological polar surface area (TPSA) is 261 Å². The van der Waals surface area contributed by atoms with Crippen molar-refractivity contribution in [3.05, 3.63) is 114 Å². The minimum absolute atomic E-state index is 0. The summed E-state index contributed by atoms with van der Waals surface area (Å²) in [5, 5.41) is 60.1. The van der Waals surface area contributed by atoms with Crippen LogP contribution < -0.4 is 15.3 Å². The molecule has 14 heteroatoms. The Kier molecular flexibility index (Phi) is 8.15. The van der Waals surface area contributed by atoms with Crippen molar-refractivity contribution in [2.45, 2.75) is 48.0 Å². The number of allylic oxidation sites excluding steroid dienone is 15. The van der Waals surface area contributed by atoms with Crippen LogP contribution in [0.15, 0.2) is 80.5 Å². The predicted octanol–water partition coefficient (Wildman–Crippen LogP) is 2.01. The van der Waals surface area contributed by atoms with Gasteiger partial charge in [0.05, 0.1) is 46.1 Å². The Hall–Kier alpha value is -7.35. The van der Waals surface area contributed by atoms with E-state index in [-0.39, 0.29) is 108 Å². The highest BCUT2D eigenvalue weighted by molar-refractivity contribution is 6.60. The molecule has 0 bridgehead atoms. The van der Waals surface area contributed by atoms with Crippen molar-refractivity contribution in [2.75, 3.05) is 0 Å². The molecule has 5 aliphatic carbocycles. The molecule has 0 amide bonds. The largest absolute Gasteiger partial charge is 0.545 e. The van der Waals surface area contributed by atoms with Gasteiger partial charge >= 0.3 is 0 Å². The lowest BCUT2D eigenvalue weighted by molar-refractivity contribution is -0.299. The van der Waals surface area contributed by atoms with Crippen molar-refractivity contribution < 1.29 is 59.1 Å². The third-order valence-electron chi connectivity index (χ3n) is 11.0. The van der Waals surface area contributed by atoms with E-state index in [1.54, 1.807) is 19.1 Å². The summed E-state index contributed by atoms with van der Waals surface area (Å²) in [6.45, 7) is 5.87. The van der Waals surface area contributed by atoms with Gasteiger partial charge in [-0.25, -0.2) is 0 Å². The SMILES string of the molecule is C.CC1=C2CC=CC2=C(c2c(O)c(O)c(C3=C(C)C(=O)/C(=C4\C(=O)C(C)=C(C)c5[nH]c(C(=O)[O-])cc54)C4=C3CC(C(=O)[O-])=C4)c3[nH]c(C(=O)[O-])cc23)C(=O)C1=O. The van der Waals surface area contributed by atoms with Crippen LogP contribution in [0.5, 0.6) is 11.5 Å². The van der Waals surface area contributed by atoms with Crippen molar-refractivity contribution in [2.24, 2.45) is 0 Å². The van der Waals surface area contributed by atoms with Gasteiger partial charge in [0.1, 0.15) is 0 Å². The van der Waals surface area contributed by atoms with Crippen LogP contribution in [-0.2, 0) is 24.0 Å². The number of aromatic hydroxyl groups is 2. The number of carboxylic acid groups (broad SMARTS) is 3. The summed E-state index contributed by atoms with van der Waals surface area (Å²) in [6, 6.07) is 2.18. The molecule has 8 rings (SSSR count). The van der Waals surface area contributed by atoms with E-state index in [0.717, 1.165) is 18.2 Å². The van der Waals surface area contributed by atoms with E-state index in [4.69, 9.17) is 0 Å². The van der Waals surface area contributed by atoms with Crippen LogP contribution in [0.3, 0.4) is 0 Å². The zero-order chi connectivity index (χ0) is 39.7. The summed E-state index contributed by atoms with van der Waals surface area (Å²) in [5.41, 5.74) is -1.51. The van der Waals surface area contributed by atoms with Gasteiger partial charge in [-0.3, -0.25) is 19.2 Å². The van der Waals surface area contributed by atoms with Gasteiger partial charge in [0.2, 0.25) is 11.6 Å². The number of phenols is 2. The Morgan fingerprint density at radius 2 is 1.27 bits per heavy atom. The molecule has 282 valence electrons. The minimum atomic E-state index is -1.72. The molecule has 0 fully saturated rings. The van der Waals surface area contributed by atoms with Gasteiger partial charge in [0.25, 0.3) is 0 Å². The van der Waals surface area contributed by atoms with Crippen LogP contribution in [0, 0.1) is 0 Å². The van der Waals surface area contributed by atoms with Crippen LogP contribution in [0.4, 0.5) is 0 Å². The Bertz CT molecular complexity index is 2850. The number of nitrogens with one attached hydrogen (secondary N) is 2. The highest BCUT2D eigenvalue weighted by Gasteiger charge is 2.42. The standard InChI is InChI=1S/C41H28N2O12.CH4/c1-12-13(2)33(44)28(21-10-23(40(52)53)42-31(12)21)27-20-9-16(39(50)51)8-19(20)25(15(4)34(27)45)30-32-22(11-24(43-32)41(54)55)29(37(48)38(30)49)26-18-7-5-6-17(18)14(3)35(46)36(26)47;/h5,7,9-11,42-43,48-49H,6,8H2,1-4H3,(H,50,51)(H,52,53)(H,54,55);1H4/p-3/b28-27-;. The number of aromatic amines is 2. The molecule has 0 spiro atoms. The number of benzene rings is 1. The first kappa shape index (κ1) is 37.0. The van der Waals surface area contributed by atoms with E-state index < -0.39 is 64.7 Å². The first-order chi connectivity index (χ1) is 26.0. The van der Waals surface area contributed by atoms with E-state index in [2.05, 4.69) is 9.97 Å². The average Bonchev–Trinajstić information content (AvgIpc) is 3.96. The van der Waals surface area contributed by atoms with Gasteiger partial charge < -0.3 is 49.9 Å². The number of H-pyrrole nitrogens is 2. The third kappa shape index (κ3) is 4.78. The molecule has 3 aromatic rings. The van der Waals surface area contributed by atoms with Crippen molar-refractivity contribution in [1.82, 2.24) is 9.97 Å². The second kappa shape index (κ2) is 12.3. The summed E-state index contributed by atoms with van der Waals surface area (Å²) in [5.74, 6) is -10.2. The zero-order valence-corrected chi connectivity index (χ0v) is 29.3. The number of aliphatic carboxylic acids is 1. The van der Waals surface area contributed by atoms with Crippen LogP contribution >= 0.6 is 0 Å². The fourth-order valence-corrected chi connectivity index (χ4v) is 8.21. The Labute approximate surface area is 316 Å². The minimum Gasteiger partial charge on any atom is -0.545 e. The summed E-state index contributed by atoms with van der Waals surface area (Å²) >= 11 is 0. The molecular formula is C42H29N2O12-3. The number of aromatic carboxylic acids is 2. The number of ketones is 4. The lowest BCUT2D eigenvalue weighted by atomic mass is 9.74. The number of hydrogen-bond donors (Lipinski definition) is 4. The molecule has 0 radical (unpaired) electrons. The normalized spacial score (nSPS) is 19.3. The summed E-state index contributed by atoms with van der Waals surface area (Å²) in [7, 11) is 0. The summed E-state index contributed by atoms with van der Waals surface area (Å²) < 4.78 is 0. The second-order valence-electron chi connectivity index (χ2n) is 13.8. The van der Waals surface area contributed by atoms with Crippen LogP contribution in [0.1, 0.15) is 91.3 Å². The molecule has 14 nitrogen and oxygen atoms in total. The van der Waals surface area contributed by atoms with Gasteiger partial charge in [0, 0.05) is 56.4 Å². The quantitative estimate of drug-likeness (QED) is 0.126. The number of aromatic nitrogens is 2.